The van der Waals surface area contributed by atoms with Gasteiger partial charge in [0.25, 0.3) is 0 Å². The fraction of sp³-hybridized carbons (Fsp3) is 0.375. The van der Waals surface area contributed by atoms with Crippen molar-refractivity contribution in [1.82, 2.24) is 24.6 Å². The van der Waals surface area contributed by atoms with Crippen LogP contribution in [-0.4, -0.2) is 25.9 Å². The number of fused-ring (bicyclic) bond motifs is 1. The van der Waals surface area contributed by atoms with E-state index in [1.54, 1.807) is 0 Å². The van der Waals surface area contributed by atoms with Crippen LogP contribution in [0.15, 0.2) is 43.0 Å². The third kappa shape index (κ3) is 3.31. The number of aromatic nitrogens is 4. The first kappa shape index (κ1) is 13.8. The van der Waals surface area contributed by atoms with Crippen molar-refractivity contribution in [2.75, 3.05) is 6.54 Å². The monoisotopic (exact) mass is 283 g/mol. The summed E-state index contributed by atoms with van der Waals surface area (Å²) < 4.78 is 4.07. The zero-order chi connectivity index (χ0) is 14.5. The smallest absolute Gasteiger partial charge is 0.0945 e. The van der Waals surface area contributed by atoms with Gasteiger partial charge in [0, 0.05) is 37.9 Å². The molecule has 0 radical (unpaired) electrons. The molecule has 0 atom stereocenters. The van der Waals surface area contributed by atoms with E-state index in [-0.39, 0.29) is 0 Å². The fourth-order valence-electron chi connectivity index (χ4n) is 2.59. The summed E-state index contributed by atoms with van der Waals surface area (Å²) >= 11 is 0. The van der Waals surface area contributed by atoms with Crippen molar-refractivity contribution in [3.8, 4) is 0 Å². The van der Waals surface area contributed by atoms with Gasteiger partial charge in [-0.25, -0.2) is 4.98 Å². The van der Waals surface area contributed by atoms with Crippen LogP contribution in [0, 0.1) is 0 Å². The topological polar surface area (TPSA) is 47.7 Å². The predicted octanol–water partition coefficient (Wildman–Crippen LogP) is 2.34. The van der Waals surface area contributed by atoms with Gasteiger partial charge in [-0.15, -0.1) is 0 Å². The molecule has 5 heteroatoms. The largest absolute Gasteiger partial charge is 0.337 e. The van der Waals surface area contributed by atoms with Crippen LogP contribution in [0.5, 0.6) is 0 Å². The van der Waals surface area contributed by atoms with E-state index in [4.69, 9.17) is 0 Å². The first-order chi connectivity index (χ1) is 10.3. The second kappa shape index (κ2) is 6.54. The molecule has 0 fully saturated rings. The highest BCUT2D eigenvalue weighted by atomic mass is 15.3. The van der Waals surface area contributed by atoms with Crippen molar-refractivity contribution in [3.63, 3.8) is 0 Å². The summed E-state index contributed by atoms with van der Waals surface area (Å²) in [5.74, 6) is 0. The molecule has 0 unspecified atom stereocenters. The van der Waals surface area contributed by atoms with Crippen LogP contribution in [-0.2, 0) is 20.1 Å². The van der Waals surface area contributed by atoms with E-state index >= 15 is 0 Å². The molecule has 110 valence electrons. The Labute approximate surface area is 124 Å². The summed E-state index contributed by atoms with van der Waals surface area (Å²) in [7, 11) is 2.00. The number of nitrogens with one attached hydrogen (secondary N) is 1. The zero-order valence-corrected chi connectivity index (χ0v) is 12.4. The van der Waals surface area contributed by atoms with Gasteiger partial charge in [0.1, 0.15) is 0 Å². The number of hydrogen-bond acceptors (Lipinski definition) is 3. The van der Waals surface area contributed by atoms with Crippen LogP contribution < -0.4 is 5.32 Å². The summed E-state index contributed by atoms with van der Waals surface area (Å²) in [5.41, 5.74) is 2.32. The number of para-hydroxylation sites is 1. The van der Waals surface area contributed by atoms with Gasteiger partial charge in [0.2, 0.25) is 0 Å². The summed E-state index contributed by atoms with van der Waals surface area (Å²) in [6, 6.07) is 8.37. The van der Waals surface area contributed by atoms with Gasteiger partial charge in [0.05, 0.1) is 17.5 Å². The molecule has 0 amide bonds. The Balaban J connectivity index is 1.44. The molecule has 3 aromatic rings. The molecule has 1 N–H and O–H groups in total. The number of nitrogens with zero attached hydrogens (tertiary/aromatic N) is 4. The molecule has 0 aliphatic carbocycles. The number of benzene rings is 1. The fourth-order valence-corrected chi connectivity index (χ4v) is 2.59. The molecule has 2 aromatic heterocycles. The summed E-state index contributed by atoms with van der Waals surface area (Å²) in [6.45, 7) is 2.88. The number of unbranched alkanes of at least 4 members (excludes halogenated alkanes) is 1. The highest BCUT2D eigenvalue weighted by Crippen LogP contribution is 2.16. The Hall–Kier alpha value is -2.14. The number of hydrogen-bond donors (Lipinski definition) is 1. The SMILES string of the molecule is Cn1nc(CNCCCCn2ccnc2)c2ccccc21. The molecule has 0 bridgehead atoms. The molecule has 21 heavy (non-hydrogen) atoms. The average molecular weight is 283 g/mol. The van der Waals surface area contributed by atoms with Gasteiger partial charge in [-0.1, -0.05) is 18.2 Å². The minimum absolute atomic E-state index is 0.826. The lowest BCUT2D eigenvalue weighted by molar-refractivity contribution is 0.563. The maximum absolute atomic E-state index is 4.59. The first-order valence-electron chi connectivity index (χ1n) is 7.41. The third-order valence-corrected chi connectivity index (χ3v) is 3.71. The maximum atomic E-state index is 4.59. The van der Waals surface area contributed by atoms with Crippen molar-refractivity contribution in [3.05, 3.63) is 48.7 Å². The van der Waals surface area contributed by atoms with Crippen molar-refractivity contribution < 1.29 is 0 Å². The van der Waals surface area contributed by atoms with Gasteiger partial charge < -0.3 is 9.88 Å². The highest BCUT2D eigenvalue weighted by Gasteiger charge is 2.06. The van der Waals surface area contributed by atoms with Crippen LogP contribution in [0.1, 0.15) is 18.5 Å². The van der Waals surface area contributed by atoms with Crippen molar-refractivity contribution in [1.29, 1.82) is 0 Å². The molecule has 0 aliphatic heterocycles. The number of rotatable bonds is 7. The van der Waals surface area contributed by atoms with E-state index < -0.39 is 0 Å². The Morgan fingerprint density at radius 1 is 1.19 bits per heavy atom. The molecule has 1 aromatic carbocycles. The van der Waals surface area contributed by atoms with E-state index in [1.807, 2.05) is 30.5 Å². The van der Waals surface area contributed by atoms with Crippen LogP contribution in [0.25, 0.3) is 10.9 Å². The van der Waals surface area contributed by atoms with Gasteiger partial charge >= 0.3 is 0 Å². The van der Waals surface area contributed by atoms with Gasteiger partial charge in [-0.05, 0) is 25.5 Å². The highest BCUT2D eigenvalue weighted by molar-refractivity contribution is 5.81. The summed E-state index contributed by atoms with van der Waals surface area (Å²) in [4.78, 5) is 4.04. The van der Waals surface area contributed by atoms with Crippen molar-refractivity contribution in [2.24, 2.45) is 7.05 Å². The van der Waals surface area contributed by atoms with Crippen molar-refractivity contribution >= 4 is 10.9 Å². The van der Waals surface area contributed by atoms with Gasteiger partial charge in [0.15, 0.2) is 0 Å². The zero-order valence-electron chi connectivity index (χ0n) is 12.4. The van der Waals surface area contributed by atoms with E-state index in [9.17, 15) is 0 Å². The lowest BCUT2D eigenvalue weighted by Crippen LogP contribution is -2.15. The third-order valence-electron chi connectivity index (χ3n) is 3.71. The lowest BCUT2D eigenvalue weighted by Gasteiger charge is -2.04. The molecule has 0 spiro atoms. The minimum Gasteiger partial charge on any atom is -0.337 e. The molecule has 2 heterocycles. The number of aryl methyl sites for hydroxylation is 2. The normalized spacial score (nSPS) is 11.3. The Morgan fingerprint density at radius 2 is 2.10 bits per heavy atom. The van der Waals surface area contributed by atoms with E-state index in [2.05, 4.69) is 44.2 Å². The predicted molar refractivity (Wildman–Crippen MR) is 83.9 cm³/mol. The molecular formula is C16H21N5. The first-order valence-corrected chi connectivity index (χ1v) is 7.41. The minimum atomic E-state index is 0.826. The molecule has 5 nitrogen and oxygen atoms in total. The Bertz CT molecular complexity index is 684. The summed E-state index contributed by atoms with van der Waals surface area (Å²) in [5, 5.41) is 9.32. The Morgan fingerprint density at radius 3 is 2.95 bits per heavy atom. The quantitative estimate of drug-likeness (QED) is 0.677. The van der Waals surface area contributed by atoms with Crippen LogP contribution in [0.4, 0.5) is 0 Å². The van der Waals surface area contributed by atoms with E-state index in [0.29, 0.717) is 0 Å². The molecule has 3 rings (SSSR count). The molecule has 0 saturated heterocycles. The second-order valence-corrected chi connectivity index (χ2v) is 5.27. The second-order valence-electron chi connectivity index (χ2n) is 5.27. The molecule has 0 saturated carbocycles. The molecular weight excluding hydrogens is 262 g/mol. The van der Waals surface area contributed by atoms with Gasteiger partial charge in [-0.2, -0.15) is 5.10 Å². The maximum Gasteiger partial charge on any atom is 0.0945 e. The van der Waals surface area contributed by atoms with E-state index in [1.165, 1.54) is 10.9 Å². The van der Waals surface area contributed by atoms with E-state index in [0.717, 1.165) is 38.2 Å². The van der Waals surface area contributed by atoms with Crippen molar-refractivity contribution in [2.45, 2.75) is 25.9 Å². The summed E-state index contributed by atoms with van der Waals surface area (Å²) in [6.07, 6.45) is 8.01. The Kier molecular flexibility index (Phi) is 4.31. The van der Waals surface area contributed by atoms with Crippen LogP contribution in [0.3, 0.4) is 0 Å². The van der Waals surface area contributed by atoms with Crippen LogP contribution >= 0.6 is 0 Å². The van der Waals surface area contributed by atoms with Crippen LogP contribution in [0.2, 0.25) is 0 Å². The standard InChI is InChI=1S/C16H21N5/c1-20-16-7-3-2-6-14(16)15(19-20)12-17-8-4-5-10-21-11-9-18-13-21/h2-3,6-7,9,11,13,17H,4-5,8,10,12H2,1H3. The molecule has 0 aliphatic rings. The average Bonchev–Trinajstić information content (AvgIpc) is 3.12. The lowest BCUT2D eigenvalue weighted by atomic mass is 10.2. The van der Waals surface area contributed by atoms with Gasteiger partial charge in [-0.3, -0.25) is 4.68 Å². The number of imidazole rings is 1.